The van der Waals surface area contributed by atoms with Crippen LogP contribution in [0.5, 0.6) is 0 Å². The molecule has 2 aromatic rings. The minimum Gasteiger partial charge on any atom is -0.311 e. The van der Waals surface area contributed by atoms with Crippen molar-refractivity contribution < 1.29 is 8.78 Å². The predicted octanol–water partition coefficient (Wildman–Crippen LogP) is 2.47. The van der Waals surface area contributed by atoms with Gasteiger partial charge in [-0.3, -0.25) is 4.79 Å². The van der Waals surface area contributed by atoms with Crippen LogP contribution in [0.2, 0.25) is 5.02 Å². The molecule has 1 heterocycles. The lowest BCUT2D eigenvalue weighted by atomic mass is 10.2. The number of hydrogen-bond acceptors (Lipinski definition) is 1. The number of pyridine rings is 1. The van der Waals surface area contributed by atoms with Crippen LogP contribution in [0.25, 0.3) is 10.9 Å². The third-order valence-electron chi connectivity index (χ3n) is 2.24. The molecule has 0 radical (unpaired) electrons. The Kier molecular flexibility index (Phi) is 2.23. The van der Waals surface area contributed by atoms with E-state index in [0.717, 1.165) is 12.1 Å². The second-order valence-corrected chi connectivity index (χ2v) is 3.58. The number of rotatable bonds is 0. The highest BCUT2D eigenvalue weighted by Crippen LogP contribution is 2.23. The Hall–Kier alpha value is -1.42. The summed E-state index contributed by atoms with van der Waals surface area (Å²) in [6.45, 7) is 0. The lowest BCUT2D eigenvalue weighted by Crippen LogP contribution is -2.16. The van der Waals surface area contributed by atoms with Crippen molar-refractivity contribution in [1.29, 1.82) is 0 Å². The van der Waals surface area contributed by atoms with Gasteiger partial charge in [-0.05, 0) is 6.07 Å². The summed E-state index contributed by atoms with van der Waals surface area (Å²) in [6.07, 6.45) is 0. The molecule has 0 amide bonds. The number of fused-ring (bicyclic) bond motifs is 1. The Morgan fingerprint density at radius 3 is 2.47 bits per heavy atom. The van der Waals surface area contributed by atoms with Gasteiger partial charge in [-0.15, -0.1) is 0 Å². The SMILES string of the molecule is Cn1c(=O)cc(Cl)c2cc(F)c(F)cc21. The lowest BCUT2D eigenvalue weighted by molar-refractivity contribution is 0.510. The van der Waals surface area contributed by atoms with Crippen LogP contribution in [0.4, 0.5) is 8.78 Å². The molecule has 0 spiro atoms. The van der Waals surface area contributed by atoms with E-state index in [0.29, 0.717) is 5.39 Å². The van der Waals surface area contributed by atoms with Crippen molar-refractivity contribution >= 4 is 22.5 Å². The van der Waals surface area contributed by atoms with Crippen molar-refractivity contribution in [2.75, 3.05) is 0 Å². The molecule has 0 fully saturated rings. The first kappa shape index (κ1) is 10.1. The molecular formula is C10H6ClF2NO. The molecule has 1 aromatic carbocycles. The maximum absolute atomic E-state index is 13.0. The first-order chi connectivity index (χ1) is 7.00. The molecule has 5 heteroatoms. The van der Waals surface area contributed by atoms with Gasteiger partial charge in [-0.25, -0.2) is 8.78 Å². The van der Waals surface area contributed by atoms with Gasteiger partial charge in [0.25, 0.3) is 5.56 Å². The van der Waals surface area contributed by atoms with Gasteiger partial charge in [0.15, 0.2) is 11.6 Å². The summed E-state index contributed by atoms with van der Waals surface area (Å²) in [5.41, 5.74) is -0.0927. The maximum Gasteiger partial charge on any atom is 0.252 e. The molecule has 0 saturated heterocycles. The van der Waals surface area contributed by atoms with Crippen molar-refractivity contribution in [3.63, 3.8) is 0 Å². The van der Waals surface area contributed by atoms with E-state index in [1.54, 1.807) is 0 Å². The molecule has 0 unspecified atom stereocenters. The highest BCUT2D eigenvalue weighted by Gasteiger charge is 2.09. The van der Waals surface area contributed by atoms with Crippen molar-refractivity contribution in [2.45, 2.75) is 0 Å². The summed E-state index contributed by atoms with van der Waals surface area (Å²) in [5.74, 6) is -1.98. The standard InChI is InChI=1S/C10H6ClF2NO/c1-14-9-4-8(13)7(12)2-5(9)6(11)3-10(14)15/h2-4H,1H3. The number of nitrogens with zero attached hydrogens (tertiary/aromatic N) is 1. The van der Waals surface area contributed by atoms with E-state index in [1.165, 1.54) is 17.7 Å². The highest BCUT2D eigenvalue weighted by atomic mass is 35.5. The van der Waals surface area contributed by atoms with Gasteiger partial charge in [-0.2, -0.15) is 0 Å². The van der Waals surface area contributed by atoms with E-state index in [9.17, 15) is 13.6 Å². The average molecular weight is 230 g/mol. The van der Waals surface area contributed by atoms with Gasteiger partial charge in [0, 0.05) is 24.6 Å². The van der Waals surface area contributed by atoms with E-state index in [4.69, 9.17) is 11.6 Å². The Bertz CT molecular complexity index is 606. The average Bonchev–Trinajstić information content (AvgIpc) is 2.18. The normalized spacial score (nSPS) is 10.9. The van der Waals surface area contributed by atoms with Crippen LogP contribution >= 0.6 is 11.6 Å². The summed E-state index contributed by atoms with van der Waals surface area (Å²) in [5, 5.41) is 0.435. The van der Waals surface area contributed by atoms with E-state index >= 15 is 0 Å². The van der Waals surface area contributed by atoms with Gasteiger partial charge in [0.1, 0.15) is 0 Å². The second-order valence-electron chi connectivity index (χ2n) is 3.17. The quantitative estimate of drug-likeness (QED) is 0.680. The van der Waals surface area contributed by atoms with Crippen molar-refractivity contribution in [2.24, 2.45) is 7.05 Å². The molecular weight excluding hydrogens is 224 g/mol. The van der Waals surface area contributed by atoms with Crippen molar-refractivity contribution in [1.82, 2.24) is 4.57 Å². The zero-order valence-electron chi connectivity index (χ0n) is 7.72. The molecule has 2 nitrogen and oxygen atoms in total. The summed E-state index contributed by atoms with van der Waals surface area (Å²) in [4.78, 5) is 11.3. The third kappa shape index (κ3) is 1.51. The number of benzene rings is 1. The monoisotopic (exact) mass is 229 g/mol. The molecule has 0 aliphatic carbocycles. The Labute approximate surface area is 88.7 Å². The van der Waals surface area contributed by atoms with Gasteiger partial charge >= 0.3 is 0 Å². The molecule has 0 aliphatic rings. The van der Waals surface area contributed by atoms with E-state index in [2.05, 4.69) is 0 Å². The van der Waals surface area contributed by atoms with Crippen LogP contribution in [0.1, 0.15) is 0 Å². The highest BCUT2D eigenvalue weighted by molar-refractivity contribution is 6.35. The zero-order chi connectivity index (χ0) is 11.2. The summed E-state index contributed by atoms with van der Waals surface area (Å²) >= 11 is 5.76. The van der Waals surface area contributed by atoms with Crippen molar-refractivity contribution in [3.05, 3.63) is 45.2 Å². The number of aromatic nitrogens is 1. The number of halogens is 3. The zero-order valence-corrected chi connectivity index (χ0v) is 8.48. The fourth-order valence-corrected chi connectivity index (χ4v) is 1.65. The van der Waals surface area contributed by atoms with Crippen LogP contribution in [0.15, 0.2) is 23.0 Å². The Morgan fingerprint density at radius 2 is 1.80 bits per heavy atom. The largest absolute Gasteiger partial charge is 0.311 e. The van der Waals surface area contributed by atoms with Crippen LogP contribution in [0, 0.1) is 11.6 Å². The van der Waals surface area contributed by atoms with E-state index in [1.807, 2.05) is 0 Å². The summed E-state index contributed by atoms with van der Waals surface area (Å²) in [7, 11) is 1.47. The van der Waals surface area contributed by atoms with Gasteiger partial charge in [0.2, 0.25) is 0 Å². The van der Waals surface area contributed by atoms with E-state index < -0.39 is 11.6 Å². The van der Waals surface area contributed by atoms with Crippen LogP contribution in [-0.2, 0) is 7.05 Å². The smallest absolute Gasteiger partial charge is 0.252 e. The molecule has 15 heavy (non-hydrogen) atoms. The minimum atomic E-state index is -1.00. The Balaban J connectivity index is 3.04. The van der Waals surface area contributed by atoms with Gasteiger partial charge < -0.3 is 4.57 Å². The van der Waals surface area contributed by atoms with Crippen LogP contribution in [-0.4, -0.2) is 4.57 Å². The van der Waals surface area contributed by atoms with E-state index in [-0.39, 0.29) is 16.1 Å². The topological polar surface area (TPSA) is 22.0 Å². The number of aryl methyl sites for hydroxylation is 1. The van der Waals surface area contributed by atoms with Crippen LogP contribution < -0.4 is 5.56 Å². The lowest BCUT2D eigenvalue weighted by Gasteiger charge is -2.06. The fourth-order valence-electron chi connectivity index (χ4n) is 1.41. The van der Waals surface area contributed by atoms with Gasteiger partial charge in [-0.1, -0.05) is 11.6 Å². The summed E-state index contributed by atoms with van der Waals surface area (Å²) < 4.78 is 27.1. The molecule has 1 aromatic heterocycles. The fraction of sp³-hybridized carbons (Fsp3) is 0.100. The summed E-state index contributed by atoms with van der Waals surface area (Å²) in [6, 6.07) is 3.10. The first-order valence-corrected chi connectivity index (χ1v) is 4.53. The molecule has 0 aliphatic heterocycles. The minimum absolute atomic E-state index is 0.118. The molecule has 2 rings (SSSR count). The van der Waals surface area contributed by atoms with Crippen LogP contribution in [0.3, 0.4) is 0 Å². The Morgan fingerprint density at radius 1 is 1.20 bits per heavy atom. The van der Waals surface area contributed by atoms with Crippen molar-refractivity contribution in [3.8, 4) is 0 Å². The molecule has 0 bridgehead atoms. The second kappa shape index (κ2) is 3.31. The molecule has 0 atom stereocenters. The first-order valence-electron chi connectivity index (χ1n) is 4.15. The molecule has 0 N–H and O–H groups in total. The van der Waals surface area contributed by atoms with Gasteiger partial charge in [0.05, 0.1) is 10.5 Å². The molecule has 78 valence electrons. The number of hydrogen-bond donors (Lipinski definition) is 0. The third-order valence-corrected chi connectivity index (χ3v) is 2.55. The predicted molar refractivity (Wildman–Crippen MR) is 54.1 cm³/mol. The molecule has 0 saturated carbocycles. The maximum atomic E-state index is 13.0.